The van der Waals surface area contributed by atoms with Crippen LogP contribution >= 0.6 is 0 Å². The third-order valence-electron chi connectivity index (χ3n) is 5.75. The average molecular weight is 429 g/mol. The smallest absolute Gasteiger partial charge is 0.253 e. The summed E-state index contributed by atoms with van der Waals surface area (Å²) in [6.07, 6.45) is 2.60. The molecule has 0 aliphatic carbocycles. The Balaban J connectivity index is 1.72. The highest BCUT2D eigenvalue weighted by atomic mass is 16.2. The maximum absolute atomic E-state index is 13.3. The predicted octanol–water partition coefficient (Wildman–Crippen LogP) is 5.91. The van der Waals surface area contributed by atoms with Crippen LogP contribution in [0.5, 0.6) is 0 Å². The number of nitrogens with zero attached hydrogens (tertiary/aromatic N) is 1. The van der Waals surface area contributed by atoms with E-state index in [4.69, 9.17) is 0 Å². The summed E-state index contributed by atoms with van der Waals surface area (Å²) in [5.74, 6) is -0.313. The van der Waals surface area contributed by atoms with Gasteiger partial charge in [-0.2, -0.15) is 0 Å². The Morgan fingerprint density at radius 3 is 2.16 bits per heavy atom. The lowest BCUT2D eigenvalue weighted by Crippen LogP contribution is -2.30. The Morgan fingerprint density at radius 2 is 1.50 bits per heavy atom. The number of hydrogen-bond acceptors (Lipinski definition) is 2. The summed E-state index contributed by atoms with van der Waals surface area (Å²) in [4.78, 5) is 27.7. The van der Waals surface area contributed by atoms with E-state index in [1.54, 1.807) is 17.0 Å². The van der Waals surface area contributed by atoms with Crippen LogP contribution in [-0.4, -0.2) is 29.8 Å². The van der Waals surface area contributed by atoms with Gasteiger partial charge in [0, 0.05) is 24.3 Å². The van der Waals surface area contributed by atoms with Crippen LogP contribution in [0.3, 0.4) is 0 Å². The summed E-state index contributed by atoms with van der Waals surface area (Å²) in [6.45, 7) is 5.24. The van der Waals surface area contributed by atoms with Gasteiger partial charge in [0.1, 0.15) is 0 Å². The first kappa shape index (κ1) is 23.3. The molecule has 0 spiro atoms. The Hall–Kier alpha value is -3.40. The van der Waals surface area contributed by atoms with Crippen molar-refractivity contribution in [2.24, 2.45) is 0 Å². The minimum atomic E-state index is -0.248. The van der Waals surface area contributed by atoms with Crippen LogP contribution < -0.4 is 5.32 Å². The van der Waals surface area contributed by atoms with E-state index in [0.717, 1.165) is 24.8 Å². The van der Waals surface area contributed by atoms with Gasteiger partial charge in [-0.25, -0.2) is 0 Å². The van der Waals surface area contributed by atoms with E-state index >= 15 is 0 Å². The van der Waals surface area contributed by atoms with Crippen molar-refractivity contribution in [2.75, 3.05) is 18.4 Å². The standard InChI is InChI=1S/C28H32N2O2/c1-3-30(4-2)28(32)24-18-12-19-25(21-24)29-27(31)26(23-16-9-6-10-17-23)20-11-15-22-13-7-5-8-14-22/h5-10,12-14,16-19,21,26H,3-4,11,15,20H2,1-2H3,(H,29,31). The quantitative estimate of drug-likeness (QED) is 0.436. The summed E-state index contributed by atoms with van der Waals surface area (Å²) in [5, 5.41) is 3.05. The number of hydrogen-bond donors (Lipinski definition) is 1. The van der Waals surface area contributed by atoms with E-state index in [9.17, 15) is 9.59 Å². The molecule has 0 saturated heterocycles. The molecule has 1 N–H and O–H groups in total. The largest absolute Gasteiger partial charge is 0.339 e. The lowest BCUT2D eigenvalue weighted by atomic mass is 9.91. The van der Waals surface area contributed by atoms with Crippen molar-refractivity contribution in [2.45, 2.75) is 39.0 Å². The fourth-order valence-electron chi connectivity index (χ4n) is 3.94. The summed E-state index contributed by atoms with van der Waals surface area (Å²) in [7, 11) is 0. The van der Waals surface area contributed by atoms with Gasteiger partial charge < -0.3 is 10.2 Å². The van der Waals surface area contributed by atoms with Crippen LogP contribution in [0.15, 0.2) is 84.9 Å². The van der Waals surface area contributed by atoms with E-state index in [-0.39, 0.29) is 17.7 Å². The number of anilines is 1. The van der Waals surface area contributed by atoms with E-state index in [2.05, 4.69) is 17.4 Å². The molecular weight excluding hydrogens is 396 g/mol. The summed E-state index contributed by atoms with van der Waals surface area (Å²) < 4.78 is 0. The second-order valence-electron chi connectivity index (χ2n) is 7.89. The summed E-state index contributed by atoms with van der Waals surface area (Å²) >= 11 is 0. The molecule has 0 bridgehead atoms. The fraction of sp³-hybridized carbons (Fsp3) is 0.286. The number of aryl methyl sites for hydroxylation is 1. The molecule has 0 heterocycles. The van der Waals surface area contributed by atoms with Gasteiger partial charge in [-0.05, 0) is 62.4 Å². The monoisotopic (exact) mass is 428 g/mol. The third kappa shape index (κ3) is 6.30. The van der Waals surface area contributed by atoms with Gasteiger partial charge in [-0.3, -0.25) is 9.59 Å². The molecule has 2 amide bonds. The molecule has 0 aromatic heterocycles. The minimum absolute atomic E-state index is 0.0198. The number of benzene rings is 3. The SMILES string of the molecule is CCN(CC)C(=O)c1cccc(NC(=O)C(CCCc2ccccc2)c2ccccc2)c1. The van der Waals surface area contributed by atoms with Crippen molar-refractivity contribution >= 4 is 17.5 Å². The first-order valence-electron chi connectivity index (χ1n) is 11.4. The van der Waals surface area contributed by atoms with Crippen molar-refractivity contribution in [3.63, 3.8) is 0 Å². The van der Waals surface area contributed by atoms with Crippen LogP contribution in [0.1, 0.15) is 54.1 Å². The Morgan fingerprint density at radius 1 is 0.844 bits per heavy atom. The van der Waals surface area contributed by atoms with Crippen molar-refractivity contribution in [3.05, 3.63) is 102 Å². The Bertz CT molecular complexity index is 998. The molecule has 0 saturated carbocycles. The Labute approximate surface area is 191 Å². The van der Waals surface area contributed by atoms with Crippen LogP contribution in [0.4, 0.5) is 5.69 Å². The van der Waals surface area contributed by atoms with Gasteiger partial charge in [0.25, 0.3) is 5.91 Å². The van der Waals surface area contributed by atoms with Crippen molar-refractivity contribution in [1.29, 1.82) is 0 Å². The van der Waals surface area contributed by atoms with Crippen molar-refractivity contribution in [1.82, 2.24) is 4.90 Å². The zero-order chi connectivity index (χ0) is 22.8. The maximum atomic E-state index is 13.3. The van der Waals surface area contributed by atoms with Gasteiger partial charge in [0.2, 0.25) is 5.91 Å². The highest BCUT2D eigenvalue weighted by molar-refractivity contribution is 5.99. The highest BCUT2D eigenvalue weighted by Crippen LogP contribution is 2.25. The zero-order valence-corrected chi connectivity index (χ0v) is 19.0. The predicted molar refractivity (Wildman–Crippen MR) is 131 cm³/mol. The van der Waals surface area contributed by atoms with Gasteiger partial charge in [-0.15, -0.1) is 0 Å². The molecule has 1 atom stereocenters. The lowest BCUT2D eigenvalue weighted by molar-refractivity contribution is -0.117. The topological polar surface area (TPSA) is 49.4 Å². The average Bonchev–Trinajstić information content (AvgIpc) is 2.84. The number of carbonyl (C=O) groups is 2. The number of rotatable bonds is 10. The molecular formula is C28H32N2O2. The second kappa shape index (κ2) is 11.8. The van der Waals surface area contributed by atoms with Gasteiger partial charge in [-0.1, -0.05) is 66.7 Å². The van der Waals surface area contributed by atoms with E-state index < -0.39 is 0 Å². The fourth-order valence-corrected chi connectivity index (χ4v) is 3.94. The Kier molecular flexibility index (Phi) is 8.61. The lowest BCUT2D eigenvalue weighted by Gasteiger charge is -2.20. The van der Waals surface area contributed by atoms with Crippen LogP contribution in [0.25, 0.3) is 0 Å². The molecule has 0 radical (unpaired) electrons. The van der Waals surface area contributed by atoms with Crippen LogP contribution in [0.2, 0.25) is 0 Å². The molecule has 4 nitrogen and oxygen atoms in total. The first-order valence-corrected chi connectivity index (χ1v) is 11.4. The van der Waals surface area contributed by atoms with Crippen LogP contribution in [0, 0.1) is 0 Å². The number of amides is 2. The van der Waals surface area contributed by atoms with Gasteiger partial charge in [0.05, 0.1) is 5.92 Å². The molecule has 0 aliphatic rings. The zero-order valence-electron chi connectivity index (χ0n) is 19.0. The second-order valence-corrected chi connectivity index (χ2v) is 7.89. The van der Waals surface area contributed by atoms with E-state index in [1.165, 1.54) is 5.56 Å². The molecule has 3 aromatic rings. The van der Waals surface area contributed by atoms with Gasteiger partial charge in [0.15, 0.2) is 0 Å². The van der Waals surface area contributed by atoms with E-state index in [0.29, 0.717) is 24.3 Å². The molecule has 0 fully saturated rings. The molecule has 3 aromatic carbocycles. The highest BCUT2D eigenvalue weighted by Gasteiger charge is 2.21. The molecule has 3 rings (SSSR count). The van der Waals surface area contributed by atoms with Crippen LogP contribution in [-0.2, 0) is 11.2 Å². The first-order chi connectivity index (χ1) is 15.6. The maximum Gasteiger partial charge on any atom is 0.253 e. The number of carbonyl (C=O) groups excluding carboxylic acids is 2. The summed E-state index contributed by atoms with van der Waals surface area (Å²) in [6, 6.07) is 27.5. The molecule has 0 aliphatic heterocycles. The van der Waals surface area contributed by atoms with E-state index in [1.807, 2.05) is 74.5 Å². The normalized spacial score (nSPS) is 11.6. The molecule has 1 unspecified atom stereocenters. The van der Waals surface area contributed by atoms with Gasteiger partial charge >= 0.3 is 0 Å². The van der Waals surface area contributed by atoms with Crippen molar-refractivity contribution < 1.29 is 9.59 Å². The molecule has 4 heteroatoms. The number of nitrogens with one attached hydrogen (secondary N) is 1. The van der Waals surface area contributed by atoms with Crippen molar-refractivity contribution in [3.8, 4) is 0 Å². The third-order valence-corrected chi connectivity index (χ3v) is 5.75. The summed E-state index contributed by atoms with van der Waals surface area (Å²) in [5.41, 5.74) is 3.53. The molecule has 32 heavy (non-hydrogen) atoms. The minimum Gasteiger partial charge on any atom is -0.339 e. The molecule has 166 valence electrons.